The van der Waals surface area contributed by atoms with Gasteiger partial charge in [0.1, 0.15) is 12.3 Å². The van der Waals surface area contributed by atoms with Crippen molar-refractivity contribution in [3.63, 3.8) is 0 Å². The molecule has 2 aromatic rings. The van der Waals surface area contributed by atoms with Gasteiger partial charge in [-0.3, -0.25) is 14.5 Å². The van der Waals surface area contributed by atoms with Gasteiger partial charge in [0.15, 0.2) is 23.0 Å². The van der Waals surface area contributed by atoms with Crippen LogP contribution in [0.3, 0.4) is 0 Å². The second-order valence-corrected chi connectivity index (χ2v) is 15.2. The fourth-order valence-corrected chi connectivity index (χ4v) is 8.88. The topological polar surface area (TPSA) is 153 Å². The number of aryl methyl sites for hydroxylation is 2. The van der Waals surface area contributed by atoms with Crippen molar-refractivity contribution in [1.29, 1.82) is 0 Å². The average Bonchev–Trinajstić information content (AvgIpc) is 3.11. The Bertz CT molecular complexity index is 1560. The highest BCUT2D eigenvalue weighted by Crippen LogP contribution is 2.52. The molecule has 288 valence electrons. The lowest BCUT2D eigenvalue weighted by molar-refractivity contribution is -0.133. The Morgan fingerprint density at radius 3 is 1.98 bits per heavy atom. The molecule has 1 fully saturated rings. The van der Waals surface area contributed by atoms with Crippen LogP contribution in [0.2, 0.25) is 0 Å². The molecule has 2 amide bonds. The number of carbonyl (C=O) groups excluding carboxylic acids is 2. The second-order valence-electron chi connectivity index (χ2n) is 15.2. The average molecular weight is 723 g/mol. The number of fused-ring (bicyclic) bond motifs is 7. The molecule has 3 heterocycles. The van der Waals surface area contributed by atoms with Gasteiger partial charge in [0.05, 0.1) is 32.3 Å². The van der Waals surface area contributed by atoms with Crippen molar-refractivity contribution in [2.75, 3.05) is 20.8 Å². The number of nitrogens with zero attached hydrogens (tertiary/aromatic N) is 1. The van der Waals surface area contributed by atoms with Crippen LogP contribution in [-0.4, -0.2) is 77.2 Å². The largest absolute Gasteiger partial charge is 0.504 e. The Kier molecular flexibility index (Phi) is 13.7. The van der Waals surface area contributed by atoms with Crippen molar-refractivity contribution >= 4 is 11.8 Å². The van der Waals surface area contributed by atoms with Gasteiger partial charge >= 0.3 is 0 Å². The minimum absolute atomic E-state index is 0.0139. The number of phenols is 2. The fraction of sp³-hybridized carbons (Fsp3) is 0.659. The number of unbranched alkanes of at least 4 members (excludes halogenated alkanes) is 10. The number of methoxy groups -OCH3 is 2. The lowest BCUT2D eigenvalue weighted by Crippen LogP contribution is -2.69. The first-order chi connectivity index (χ1) is 25.0. The van der Waals surface area contributed by atoms with Gasteiger partial charge in [-0.15, -0.1) is 0 Å². The lowest BCUT2D eigenvalue weighted by Gasteiger charge is -2.56. The maximum Gasteiger partial charge on any atom is 0.242 e. The van der Waals surface area contributed by atoms with Crippen LogP contribution in [0.4, 0.5) is 0 Å². The van der Waals surface area contributed by atoms with Crippen LogP contribution in [0.5, 0.6) is 23.0 Å². The molecule has 11 heteroatoms. The first kappa shape index (κ1) is 39.7. The van der Waals surface area contributed by atoms with Gasteiger partial charge in [0.25, 0.3) is 0 Å². The summed E-state index contributed by atoms with van der Waals surface area (Å²) >= 11 is 0. The van der Waals surface area contributed by atoms with Gasteiger partial charge in [-0.2, -0.15) is 0 Å². The van der Waals surface area contributed by atoms with Crippen molar-refractivity contribution in [3.05, 3.63) is 45.5 Å². The quantitative estimate of drug-likeness (QED) is 0.103. The van der Waals surface area contributed by atoms with Crippen LogP contribution < -0.4 is 25.4 Å². The standard InChI is InChI=1S/C41H62N4O7/c1-7-8-9-10-11-12-13-14-15-16-17-18-32(46)43-26(4)40(49)42-23-31-33-28(20-25(3)38(51-5)36(33)47)22-30-35-34-27(19-24(2)39(52-6)37(34)48)21-29(44-35)41(50)45(30)31/h19-20,26,29-31,35,41,44,47-48,50H,7-18,21-23H2,1-6H3,(H,42,49)(H,43,46)/t26-,29-,30-,31-,35-,41-/m0/s1. The third kappa shape index (κ3) is 8.47. The van der Waals surface area contributed by atoms with Crippen LogP contribution >= 0.6 is 0 Å². The monoisotopic (exact) mass is 722 g/mol. The van der Waals surface area contributed by atoms with Crippen molar-refractivity contribution < 1.29 is 34.4 Å². The highest BCUT2D eigenvalue weighted by molar-refractivity contribution is 5.87. The molecule has 3 aliphatic heterocycles. The number of aliphatic hydroxyl groups excluding tert-OH is 1. The normalized spacial score (nSPS) is 22.5. The molecule has 0 aliphatic carbocycles. The van der Waals surface area contributed by atoms with Gasteiger partial charge in [-0.1, -0.05) is 83.3 Å². The van der Waals surface area contributed by atoms with Crippen LogP contribution in [0.15, 0.2) is 12.1 Å². The van der Waals surface area contributed by atoms with E-state index in [2.05, 4.69) is 22.9 Å². The summed E-state index contributed by atoms with van der Waals surface area (Å²) in [4.78, 5) is 28.2. The number of amides is 2. The van der Waals surface area contributed by atoms with Gasteiger partial charge in [-0.05, 0) is 62.3 Å². The summed E-state index contributed by atoms with van der Waals surface area (Å²) in [7, 11) is 3.05. The molecular formula is C41H62N4O7. The van der Waals surface area contributed by atoms with E-state index < -0.39 is 18.3 Å². The lowest BCUT2D eigenvalue weighted by atomic mass is 9.74. The van der Waals surface area contributed by atoms with Crippen molar-refractivity contribution in [3.8, 4) is 23.0 Å². The fourth-order valence-electron chi connectivity index (χ4n) is 8.88. The predicted molar refractivity (Wildman–Crippen MR) is 202 cm³/mol. The van der Waals surface area contributed by atoms with Gasteiger partial charge in [0, 0.05) is 30.1 Å². The summed E-state index contributed by atoms with van der Waals surface area (Å²) in [6.45, 7) is 7.77. The molecule has 0 spiro atoms. The molecule has 11 nitrogen and oxygen atoms in total. The zero-order valence-electron chi connectivity index (χ0n) is 32.1. The van der Waals surface area contributed by atoms with E-state index >= 15 is 0 Å². The van der Waals surface area contributed by atoms with Crippen LogP contribution in [0, 0.1) is 13.8 Å². The van der Waals surface area contributed by atoms with E-state index in [1.807, 2.05) is 30.9 Å². The summed E-state index contributed by atoms with van der Waals surface area (Å²) in [6, 6.07) is 1.61. The van der Waals surface area contributed by atoms with Gasteiger partial charge in [0.2, 0.25) is 11.8 Å². The summed E-state index contributed by atoms with van der Waals surface area (Å²) < 4.78 is 11.2. The summed E-state index contributed by atoms with van der Waals surface area (Å²) in [5.41, 5.74) is 4.78. The van der Waals surface area contributed by atoms with Crippen molar-refractivity contribution in [2.24, 2.45) is 0 Å². The Hall–Kier alpha value is -3.54. The first-order valence-corrected chi connectivity index (χ1v) is 19.6. The van der Waals surface area contributed by atoms with Crippen molar-refractivity contribution in [1.82, 2.24) is 20.9 Å². The van der Waals surface area contributed by atoms with E-state index in [-0.39, 0.29) is 48.0 Å². The molecule has 2 aromatic carbocycles. The molecular weight excluding hydrogens is 660 g/mol. The number of aromatic hydroxyl groups is 2. The highest BCUT2D eigenvalue weighted by atomic mass is 16.5. The van der Waals surface area contributed by atoms with Crippen LogP contribution in [0.25, 0.3) is 0 Å². The molecule has 6 N–H and O–H groups in total. The number of nitrogens with one attached hydrogen (secondary N) is 3. The number of phenolic OH excluding ortho intramolecular Hbond substituents is 2. The number of rotatable bonds is 18. The summed E-state index contributed by atoms with van der Waals surface area (Å²) in [6.07, 6.45) is 13.6. The van der Waals surface area contributed by atoms with E-state index in [4.69, 9.17) is 9.47 Å². The SMILES string of the molecule is CCCCCCCCCCCCCC(=O)N[C@@H](C)C(=O)NC[C@H]1c2c(cc(C)c(OC)c2O)C[C@H]2[C@@H]3N[C@@H](Cc4cc(C)c(OC)c(O)c43)[C@H](O)N12. The predicted octanol–water partition coefficient (Wildman–Crippen LogP) is 5.91. The van der Waals surface area contributed by atoms with E-state index in [0.717, 1.165) is 47.1 Å². The maximum atomic E-state index is 13.4. The molecule has 0 saturated carbocycles. The minimum Gasteiger partial charge on any atom is -0.504 e. The molecule has 5 rings (SSSR count). The van der Waals surface area contributed by atoms with E-state index in [0.29, 0.717) is 36.3 Å². The summed E-state index contributed by atoms with van der Waals surface area (Å²) in [5.74, 6) is 0.363. The van der Waals surface area contributed by atoms with Gasteiger partial charge < -0.3 is 40.7 Å². The van der Waals surface area contributed by atoms with Crippen LogP contribution in [0.1, 0.15) is 136 Å². The minimum atomic E-state index is -0.955. The third-order valence-electron chi connectivity index (χ3n) is 11.5. The maximum absolute atomic E-state index is 13.4. The zero-order valence-corrected chi connectivity index (χ0v) is 32.1. The molecule has 2 bridgehead atoms. The number of aliphatic hydroxyl groups is 1. The van der Waals surface area contributed by atoms with Crippen LogP contribution in [-0.2, 0) is 22.4 Å². The molecule has 6 atom stereocenters. The second kappa shape index (κ2) is 18.0. The Morgan fingerprint density at radius 1 is 0.865 bits per heavy atom. The number of hydrogen-bond acceptors (Lipinski definition) is 9. The Balaban J connectivity index is 1.25. The first-order valence-electron chi connectivity index (χ1n) is 19.6. The number of piperazine rings is 1. The molecule has 1 saturated heterocycles. The molecule has 0 radical (unpaired) electrons. The highest BCUT2D eigenvalue weighted by Gasteiger charge is 2.53. The Labute approximate surface area is 309 Å². The number of hydrogen-bond donors (Lipinski definition) is 6. The molecule has 3 aliphatic rings. The zero-order chi connectivity index (χ0) is 37.5. The number of carbonyl (C=O) groups is 2. The number of ether oxygens (including phenoxy) is 2. The third-order valence-corrected chi connectivity index (χ3v) is 11.5. The smallest absolute Gasteiger partial charge is 0.242 e. The molecule has 52 heavy (non-hydrogen) atoms. The number of benzene rings is 2. The molecule has 0 aromatic heterocycles. The van der Waals surface area contributed by atoms with E-state index in [1.165, 1.54) is 58.5 Å². The summed E-state index contributed by atoms with van der Waals surface area (Å²) in [5, 5.41) is 44.4. The van der Waals surface area contributed by atoms with Crippen molar-refractivity contribution in [2.45, 2.75) is 154 Å². The van der Waals surface area contributed by atoms with E-state index in [1.54, 1.807) is 14.0 Å². The Morgan fingerprint density at radius 2 is 1.40 bits per heavy atom. The van der Waals surface area contributed by atoms with Gasteiger partial charge in [-0.25, -0.2) is 0 Å². The molecule has 0 unspecified atom stereocenters. The van der Waals surface area contributed by atoms with E-state index in [9.17, 15) is 24.9 Å².